The number of nitrogens with one attached hydrogen (secondary N) is 1. The fourth-order valence-corrected chi connectivity index (χ4v) is 2.81. The Bertz CT molecular complexity index is 422. The van der Waals surface area contributed by atoms with Crippen molar-refractivity contribution in [2.45, 2.75) is 32.6 Å². The molecular formula is C16H25N3O. The Hall–Kier alpha value is -1.55. The summed E-state index contributed by atoms with van der Waals surface area (Å²) in [5.74, 6) is 0.917. The lowest BCUT2D eigenvalue weighted by molar-refractivity contribution is -0.117. The Morgan fingerprint density at radius 2 is 1.95 bits per heavy atom. The van der Waals surface area contributed by atoms with Gasteiger partial charge in [-0.2, -0.15) is 0 Å². The molecule has 0 aromatic heterocycles. The number of piperidine rings is 1. The van der Waals surface area contributed by atoms with Crippen LogP contribution in [0.5, 0.6) is 0 Å². The molecule has 0 atom stereocenters. The molecule has 0 spiro atoms. The summed E-state index contributed by atoms with van der Waals surface area (Å²) in [5, 5.41) is 2.92. The number of nitrogens with two attached hydrogens (primary N) is 1. The van der Waals surface area contributed by atoms with Crippen LogP contribution in [0.1, 0.15) is 32.6 Å². The van der Waals surface area contributed by atoms with E-state index in [0.717, 1.165) is 24.7 Å². The Morgan fingerprint density at radius 3 is 2.55 bits per heavy atom. The molecule has 0 aliphatic carbocycles. The van der Waals surface area contributed by atoms with E-state index in [9.17, 15) is 4.79 Å². The molecule has 3 N–H and O–H groups in total. The summed E-state index contributed by atoms with van der Waals surface area (Å²) in [7, 11) is 0. The highest BCUT2D eigenvalue weighted by Gasteiger charge is 2.20. The van der Waals surface area contributed by atoms with Gasteiger partial charge in [-0.15, -0.1) is 0 Å². The minimum absolute atomic E-state index is 0.0590. The molecule has 0 bridgehead atoms. The summed E-state index contributed by atoms with van der Waals surface area (Å²) in [6.07, 6.45) is 5.04. The SMILES string of the molecule is CCCC1CCN(CC(=O)Nc2ccc(N)cc2)CC1. The summed E-state index contributed by atoms with van der Waals surface area (Å²) in [6.45, 7) is 4.81. The van der Waals surface area contributed by atoms with Gasteiger partial charge in [0.25, 0.3) is 0 Å². The molecule has 20 heavy (non-hydrogen) atoms. The Kier molecular flexibility index (Phi) is 5.41. The van der Waals surface area contributed by atoms with E-state index in [1.54, 1.807) is 12.1 Å². The van der Waals surface area contributed by atoms with Gasteiger partial charge < -0.3 is 11.1 Å². The number of likely N-dealkylation sites (tertiary alicyclic amines) is 1. The standard InChI is InChI=1S/C16H25N3O/c1-2-3-13-8-10-19(11-9-13)12-16(20)18-15-6-4-14(17)5-7-15/h4-7,13H,2-3,8-12,17H2,1H3,(H,18,20). The molecule has 1 aliphatic heterocycles. The van der Waals surface area contributed by atoms with Crippen molar-refractivity contribution in [3.8, 4) is 0 Å². The highest BCUT2D eigenvalue weighted by molar-refractivity contribution is 5.92. The summed E-state index contributed by atoms with van der Waals surface area (Å²) in [4.78, 5) is 14.2. The van der Waals surface area contributed by atoms with Crippen LogP contribution in [0.2, 0.25) is 0 Å². The van der Waals surface area contributed by atoms with Crippen molar-refractivity contribution in [3.05, 3.63) is 24.3 Å². The highest BCUT2D eigenvalue weighted by atomic mass is 16.2. The predicted octanol–water partition coefficient (Wildman–Crippen LogP) is 2.72. The normalized spacial score (nSPS) is 17.1. The van der Waals surface area contributed by atoms with Crippen molar-refractivity contribution >= 4 is 17.3 Å². The van der Waals surface area contributed by atoms with Crippen molar-refractivity contribution in [3.63, 3.8) is 0 Å². The number of amides is 1. The first kappa shape index (κ1) is 14.9. The first-order chi connectivity index (χ1) is 9.67. The van der Waals surface area contributed by atoms with E-state index in [0.29, 0.717) is 12.2 Å². The lowest BCUT2D eigenvalue weighted by atomic mass is 9.92. The number of rotatable bonds is 5. The van der Waals surface area contributed by atoms with Gasteiger partial charge in [0.2, 0.25) is 5.91 Å². The van der Waals surface area contributed by atoms with Crippen LogP contribution in [-0.2, 0) is 4.79 Å². The van der Waals surface area contributed by atoms with Crippen LogP contribution in [0.3, 0.4) is 0 Å². The maximum atomic E-state index is 12.0. The molecule has 1 aromatic carbocycles. The van der Waals surface area contributed by atoms with Crippen molar-refractivity contribution < 1.29 is 4.79 Å². The smallest absolute Gasteiger partial charge is 0.238 e. The van der Waals surface area contributed by atoms with Gasteiger partial charge in [-0.1, -0.05) is 19.8 Å². The fourth-order valence-electron chi connectivity index (χ4n) is 2.81. The van der Waals surface area contributed by atoms with E-state index < -0.39 is 0 Å². The van der Waals surface area contributed by atoms with Gasteiger partial charge in [0.1, 0.15) is 0 Å². The van der Waals surface area contributed by atoms with E-state index in [2.05, 4.69) is 17.1 Å². The lowest BCUT2D eigenvalue weighted by Crippen LogP contribution is -2.39. The maximum absolute atomic E-state index is 12.0. The monoisotopic (exact) mass is 275 g/mol. The summed E-state index contributed by atoms with van der Waals surface area (Å²) >= 11 is 0. The zero-order valence-corrected chi connectivity index (χ0v) is 12.3. The summed E-state index contributed by atoms with van der Waals surface area (Å²) < 4.78 is 0. The molecule has 4 nitrogen and oxygen atoms in total. The number of hydrogen-bond donors (Lipinski definition) is 2. The van der Waals surface area contributed by atoms with Crippen molar-refractivity contribution in [1.82, 2.24) is 4.90 Å². The minimum atomic E-state index is 0.0590. The molecule has 0 radical (unpaired) electrons. The molecular weight excluding hydrogens is 250 g/mol. The van der Waals surface area contributed by atoms with Gasteiger partial charge in [-0.25, -0.2) is 0 Å². The first-order valence-electron chi connectivity index (χ1n) is 7.55. The number of hydrogen-bond acceptors (Lipinski definition) is 3. The molecule has 1 heterocycles. The zero-order chi connectivity index (χ0) is 14.4. The van der Waals surface area contributed by atoms with Crippen molar-refractivity contribution in [1.29, 1.82) is 0 Å². The second-order valence-corrected chi connectivity index (χ2v) is 5.68. The number of carbonyl (C=O) groups excluding carboxylic acids is 1. The van der Waals surface area contributed by atoms with E-state index in [-0.39, 0.29) is 5.91 Å². The van der Waals surface area contributed by atoms with Crippen LogP contribution in [-0.4, -0.2) is 30.4 Å². The second-order valence-electron chi connectivity index (χ2n) is 5.68. The van der Waals surface area contributed by atoms with E-state index in [1.807, 2.05) is 12.1 Å². The number of anilines is 2. The second kappa shape index (κ2) is 7.29. The molecule has 4 heteroatoms. The quantitative estimate of drug-likeness (QED) is 0.812. The third-order valence-electron chi connectivity index (χ3n) is 3.97. The molecule has 0 unspecified atom stereocenters. The third-order valence-corrected chi connectivity index (χ3v) is 3.97. The fraction of sp³-hybridized carbons (Fsp3) is 0.562. The van der Waals surface area contributed by atoms with E-state index in [1.165, 1.54) is 25.7 Å². The largest absolute Gasteiger partial charge is 0.399 e. The number of nitrogen functional groups attached to an aromatic ring is 1. The summed E-state index contributed by atoms with van der Waals surface area (Å²) in [6, 6.07) is 7.26. The lowest BCUT2D eigenvalue weighted by Gasteiger charge is -2.31. The highest BCUT2D eigenvalue weighted by Crippen LogP contribution is 2.21. The van der Waals surface area contributed by atoms with Gasteiger partial charge in [0.15, 0.2) is 0 Å². The third kappa shape index (κ3) is 4.53. The van der Waals surface area contributed by atoms with Crippen LogP contribution in [0.15, 0.2) is 24.3 Å². The molecule has 2 rings (SSSR count). The molecule has 1 saturated heterocycles. The van der Waals surface area contributed by atoms with E-state index >= 15 is 0 Å². The average molecular weight is 275 g/mol. The molecule has 0 saturated carbocycles. The number of carbonyl (C=O) groups is 1. The van der Waals surface area contributed by atoms with Crippen LogP contribution >= 0.6 is 0 Å². The molecule has 1 fully saturated rings. The van der Waals surface area contributed by atoms with Gasteiger partial charge in [0, 0.05) is 11.4 Å². The molecule has 1 aromatic rings. The molecule has 1 aliphatic rings. The Morgan fingerprint density at radius 1 is 1.30 bits per heavy atom. The van der Waals surface area contributed by atoms with Gasteiger partial charge >= 0.3 is 0 Å². The van der Waals surface area contributed by atoms with Crippen LogP contribution in [0.25, 0.3) is 0 Å². The van der Waals surface area contributed by atoms with Crippen molar-refractivity contribution in [2.75, 3.05) is 30.7 Å². The first-order valence-corrected chi connectivity index (χ1v) is 7.55. The zero-order valence-electron chi connectivity index (χ0n) is 12.3. The predicted molar refractivity (Wildman–Crippen MR) is 83.6 cm³/mol. The number of benzene rings is 1. The van der Waals surface area contributed by atoms with Gasteiger partial charge in [0.05, 0.1) is 6.54 Å². The number of nitrogens with zero attached hydrogens (tertiary/aromatic N) is 1. The maximum Gasteiger partial charge on any atom is 0.238 e. The van der Waals surface area contributed by atoms with Gasteiger partial charge in [-0.05, 0) is 56.1 Å². The molecule has 110 valence electrons. The Balaban J connectivity index is 1.74. The summed E-state index contributed by atoms with van der Waals surface area (Å²) in [5.41, 5.74) is 7.14. The van der Waals surface area contributed by atoms with Crippen LogP contribution in [0.4, 0.5) is 11.4 Å². The van der Waals surface area contributed by atoms with Crippen LogP contribution < -0.4 is 11.1 Å². The van der Waals surface area contributed by atoms with Crippen LogP contribution in [0, 0.1) is 5.92 Å². The molecule has 1 amide bonds. The van der Waals surface area contributed by atoms with Crippen molar-refractivity contribution in [2.24, 2.45) is 5.92 Å². The average Bonchev–Trinajstić information content (AvgIpc) is 2.44. The minimum Gasteiger partial charge on any atom is -0.399 e. The van der Waals surface area contributed by atoms with Gasteiger partial charge in [-0.3, -0.25) is 9.69 Å². The topological polar surface area (TPSA) is 58.4 Å². The van der Waals surface area contributed by atoms with E-state index in [4.69, 9.17) is 5.73 Å². The Labute approximate surface area is 121 Å².